The summed E-state index contributed by atoms with van der Waals surface area (Å²) in [6.45, 7) is 0.610. The molecule has 278 valence electrons. The van der Waals surface area contributed by atoms with Crippen LogP contribution in [0.3, 0.4) is 0 Å². The summed E-state index contributed by atoms with van der Waals surface area (Å²) in [6, 6.07) is 32.8. The number of hydrogen-bond acceptors (Lipinski definition) is 10. The number of benzene rings is 4. The molecule has 0 amide bonds. The number of thioether (sulfide) groups is 2. The van der Waals surface area contributed by atoms with Gasteiger partial charge in [0.1, 0.15) is 37.9 Å². The van der Waals surface area contributed by atoms with Gasteiger partial charge in [-0.05, 0) is 57.6 Å². The third-order valence-electron chi connectivity index (χ3n) is 8.58. The van der Waals surface area contributed by atoms with Gasteiger partial charge in [0.05, 0.1) is 31.1 Å². The number of ether oxygens (including phenoxy) is 4. The zero-order valence-electron chi connectivity index (χ0n) is 29.2. The Labute approximate surface area is 317 Å². The molecule has 0 fully saturated rings. The molecule has 4 aromatic carbocycles. The van der Waals surface area contributed by atoms with Crippen molar-refractivity contribution in [3.05, 3.63) is 119 Å². The van der Waals surface area contributed by atoms with Gasteiger partial charge in [-0.1, -0.05) is 72.8 Å². The van der Waals surface area contributed by atoms with E-state index in [1.54, 1.807) is 0 Å². The SMILES string of the molecule is O=C(O)CCSCCC(=O)OCCOc1ccc(C2(c3ccc(OCCOC(=O)CCSCCC(=O)O)cc3)c3ccccc3-c3ccccc32)cc1. The average molecular weight is 759 g/mol. The van der Waals surface area contributed by atoms with E-state index < -0.39 is 17.4 Å². The third kappa shape index (κ3) is 10.6. The number of rotatable bonds is 22. The minimum absolute atomic E-state index is 0.0671. The highest BCUT2D eigenvalue weighted by molar-refractivity contribution is 7.99. The van der Waals surface area contributed by atoms with Crippen molar-refractivity contribution in [3.8, 4) is 22.6 Å². The van der Waals surface area contributed by atoms with Crippen LogP contribution in [-0.2, 0) is 34.1 Å². The van der Waals surface area contributed by atoms with Crippen LogP contribution in [0.4, 0.5) is 0 Å². The Kier molecular flexibility index (Phi) is 14.7. The molecule has 10 nitrogen and oxygen atoms in total. The minimum atomic E-state index is -0.853. The first-order valence-corrected chi connectivity index (χ1v) is 19.7. The van der Waals surface area contributed by atoms with Crippen molar-refractivity contribution in [2.45, 2.75) is 31.1 Å². The van der Waals surface area contributed by atoms with Gasteiger partial charge >= 0.3 is 23.9 Å². The van der Waals surface area contributed by atoms with Crippen molar-refractivity contribution in [2.24, 2.45) is 0 Å². The zero-order valence-corrected chi connectivity index (χ0v) is 30.8. The number of fused-ring (bicyclic) bond motifs is 3. The second-order valence-corrected chi connectivity index (χ2v) is 14.5. The normalized spacial score (nSPS) is 12.3. The standard InChI is InChI=1S/C41H42O10S2/c42-37(43)17-25-52-27-19-39(46)50-23-21-48-31-13-9-29(10-14-31)41(35-7-3-1-5-33(35)34-6-2-4-8-36(34)41)30-11-15-32(16-12-30)49-22-24-51-40(47)20-28-53-26-18-38(44)45/h1-16H,17-28H2,(H,42,43)(H,44,45). The Hall–Kier alpha value is -4.94. The summed E-state index contributed by atoms with van der Waals surface area (Å²) in [5.41, 5.74) is 6.11. The summed E-state index contributed by atoms with van der Waals surface area (Å²) in [7, 11) is 0. The number of carboxylic acids is 2. The summed E-state index contributed by atoms with van der Waals surface area (Å²) in [4.78, 5) is 45.3. The Bertz CT molecular complexity index is 1710. The van der Waals surface area contributed by atoms with Crippen molar-refractivity contribution in [1.29, 1.82) is 0 Å². The maximum absolute atomic E-state index is 12.0. The van der Waals surface area contributed by atoms with Crippen molar-refractivity contribution in [3.63, 3.8) is 0 Å². The van der Waals surface area contributed by atoms with Gasteiger partial charge in [-0.15, -0.1) is 0 Å². The lowest BCUT2D eigenvalue weighted by Gasteiger charge is -2.34. The van der Waals surface area contributed by atoms with Crippen molar-refractivity contribution in [2.75, 3.05) is 49.4 Å². The quantitative estimate of drug-likeness (QED) is 0.0549. The molecule has 5 rings (SSSR count). The highest BCUT2D eigenvalue weighted by Gasteiger charge is 2.45. The molecular formula is C41H42O10S2. The molecular weight excluding hydrogens is 717 g/mol. The van der Waals surface area contributed by atoms with Crippen LogP contribution in [0.25, 0.3) is 11.1 Å². The molecule has 53 heavy (non-hydrogen) atoms. The van der Waals surface area contributed by atoms with Crippen LogP contribution in [0.2, 0.25) is 0 Å². The van der Waals surface area contributed by atoms with Gasteiger partial charge in [0.2, 0.25) is 0 Å². The fourth-order valence-corrected chi connectivity index (χ4v) is 7.90. The van der Waals surface area contributed by atoms with Gasteiger partial charge in [0.25, 0.3) is 0 Å². The number of carbonyl (C=O) groups excluding carboxylic acids is 2. The van der Waals surface area contributed by atoms with E-state index in [1.165, 1.54) is 23.5 Å². The van der Waals surface area contributed by atoms with E-state index in [2.05, 4.69) is 72.8 Å². The van der Waals surface area contributed by atoms with E-state index in [-0.39, 0.29) is 64.0 Å². The summed E-state index contributed by atoms with van der Waals surface area (Å²) in [6.07, 6.45) is 0.562. The topological polar surface area (TPSA) is 146 Å². The summed E-state index contributed by atoms with van der Waals surface area (Å²) in [5.74, 6) is 0.836. The van der Waals surface area contributed by atoms with E-state index in [4.69, 9.17) is 29.2 Å². The maximum Gasteiger partial charge on any atom is 0.306 e. The Morgan fingerprint density at radius 1 is 0.491 bits per heavy atom. The Morgan fingerprint density at radius 3 is 1.26 bits per heavy atom. The average Bonchev–Trinajstić information content (AvgIpc) is 3.46. The van der Waals surface area contributed by atoms with Gasteiger partial charge < -0.3 is 29.2 Å². The highest BCUT2D eigenvalue weighted by Crippen LogP contribution is 2.56. The summed E-state index contributed by atoms with van der Waals surface area (Å²) < 4.78 is 22.4. The molecule has 12 heteroatoms. The van der Waals surface area contributed by atoms with Crippen LogP contribution in [0.5, 0.6) is 11.5 Å². The zero-order chi connectivity index (χ0) is 37.5. The van der Waals surface area contributed by atoms with Gasteiger partial charge in [-0.3, -0.25) is 19.2 Å². The number of esters is 2. The Morgan fingerprint density at radius 2 is 0.868 bits per heavy atom. The summed E-state index contributed by atoms with van der Waals surface area (Å²) in [5, 5.41) is 17.4. The second-order valence-electron chi connectivity index (χ2n) is 12.0. The molecule has 0 aliphatic heterocycles. The maximum atomic E-state index is 12.0. The van der Waals surface area contributed by atoms with Crippen LogP contribution in [0.1, 0.15) is 47.9 Å². The first kappa shape index (κ1) is 39.3. The van der Waals surface area contributed by atoms with Gasteiger partial charge in [0, 0.05) is 23.0 Å². The lowest BCUT2D eigenvalue weighted by Crippen LogP contribution is -2.28. The van der Waals surface area contributed by atoms with Gasteiger partial charge in [0.15, 0.2) is 0 Å². The van der Waals surface area contributed by atoms with Crippen LogP contribution in [0, 0.1) is 0 Å². The molecule has 0 unspecified atom stereocenters. The molecule has 0 saturated heterocycles. The smallest absolute Gasteiger partial charge is 0.306 e. The number of carboxylic acid groups (broad SMARTS) is 2. The van der Waals surface area contributed by atoms with E-state index in [0.29, 0.717) is 34.5 Å². The predicted octanol–water partition coefficient (Wildman–Crippen LogP) is 7.09. The van der Waals surface area contributed by atoms with Gasteiger partial charge in [-0.2, -0.15) is 23.5 Å². The number of carbonyl (C=O) groups is 4. The molecule has 0 atom stereocenters. The fraction of sp³-hybridized carbons (Fsp3) is 0.317. The molecule has 1 aliphatic carbocycles. The van der Waals surface area contributed by atoms with Crippen LogP contribution in [-0.4, -0.2) is 83.5 Å². The molecule has 0 saturated carbocycles. The lowest BCUT2D eigenvalue weighted by molar-refractivity contribution is -0.144. The molecule has 4 aromatic rings. The van der Waals surface area contributed by atoms with Crippen molar-refractivity contribution < 1.29 is 48.3 Å². The van der Waals surface area contributed by atoms with Crippen LogP contribution in [0.15, 0.2) is 97.1 Å². The van der Waals surface area contributed by atoms with E-state index >= 15 is 0 Å². The van der Waals surface area contributed by atoms with Crippen molar-refractivity contribution >= 4 is 47.4 Å². The van der Waals surface area contributed by atoms with E-state index in [1.807, 2.05) is 24.3 Å². The number of hydrogen-bond donors (Lipinski definition) is 2. The molecule has 0 heterocycles. The van der Waals surface area contributed by atoms with E-state index in [0.717, 1.165) is 33.4 Å². The van der Waals surface area contributed by atoms with E-state index in [9.17, 15) is 19.2 Å². The first-order valence-electron chi connectivity index (χ1n) is 17.4. The molecule has 0 radical (unpaired) electrons. The first-order chi connectivity index (χ1) is 25.8. The Balaban J connectivity index is 1.23. The monoisotopic (exact) mass is 758 g/mol. The fourth-order valence-electron chi connectivity index (χ4n) is 6.23. The van der Waals surface area contributed by atoms with Crippen LogP contribution < -0.4 is 9.47 Å². The molecule has 0 spiro atoms. The van der Waals surface area contributed by atoms with Crippen LogP contribution >= 0.6 is 23.5 Å². The third-order valence-corrected chi connectivity index (χ3v) is 10.5. The van der Waals surface area contributed by atoms with Gasteiger partial charge in [-0.25, -0.2) is 0 Å². The molecule has 2 N–H and O–H groups in total. The van der Waals surface area contributed by atoms with Crippen molar-refractivity contribution in [1.82, 2.24) is 0 Å². The lowest BCUT2D eigenvalue weighted by atomic mass is 9.68. The second kappa shape index (κ2) is 19.8. The molecule has 0 bridgehead atoms. The predicted molar refractivity (Wildman–Crippen MR) is 205 cm³/mol. The minimum Gasteiger partial charge on any atom is -0.490 e. The number of aliphatic carboxylic acids is 2. The largest absolute Gasteiger partial charge is 0.490 e. The molecule has 0 aromatic heterocycles. The summed E-state index contributed by atoms with van der Waals surface area (Å²) >= 11 is 2.82. The molecule has 1 aliphatic rings. The highest BCUT2D eigenvalue weighted by atomic mass is 32.2.